The van der Waals surface area contributed by atoms with Gasteiger partial charge in [-0.15, -0.1) is 0 Å². The minimum absolute atomic E-state index is 0.0795. The Morgan fingerprint density at radius 2 is 2.04 bits per heavy atom. The summed E-state index contributed by atoms with van der Waals surface area (Å²) in [6.45, 7) is 0. The van der Waals surface area contributed by atoms with E-state index in [1.807, 2.05) is 0 Å². The Kier molecular flexibility index (Phi) is 4.22. The van der Waals surface area contributed by atoms with Gasteiger partial charge in [-0.1, -0.05) is 0 Å². The summed E-state index contributed by atoms with van der Waals surface area (Å²) in [6, 6.07) is 2.16. The zero-order valence-electron chi connectivity index (χ0n) is 13.5. The van der Waals surface area contributed by atoms with Crippen molar-refractivity contribution in [2.45, 2.75) is 56.9 Å². The largest absolute Gasteiger partial charge is 0.365 e. The molecule has 3 rings (SSSR count). The van der Waals surface area contributed by atoms with Gasteiger partial charge < -0.3 is 5.73 Å². The van der Waals surface area contributed by atoms with Gasteiger partial charge in [0.2, 0.25) is 0 Å². The van der Waals surface area contributed by atoms with Gasteiger partial charge in [-0.2, -0.15) is 10.4 Å². The second-order valence-corrected chi connectivity index (χ2v) is 6.81. The zero-order chi connectivity index (χ0) is 17.3. The molecule has 24 heavy (non-hydrogen) atoms. The van der Waals surface area contributed by atoms with Crippen molar-refractivity contribution in [2.75, 3.05) is 0 Å². The fourth-order valence-corrected chi connectivity index (χ4v) is 3.33. The second-order valence-electron chi connectivity index (χ2n) is 6.81. The summed E-state index contributed by atoms with van der Waals surface area (Å²) in [6.07, 6.45) is 5.44. The van der Waals surface area contributed by atoms with Crippen LogP contribution in [-0.4, -0.2) is 27.3 Å². The maximum absolute atomic E-state index is 12.1. The number of carbonyl (C=O) groups excluding carboxylic acids is 3. The molecule has 0 bridgehead atoms. The Bertz CT molecular complexity index is 730. The molecule has 0 saturated heterocycles. The third-order valence-electron chi connectivity index (χ3n) is 5.06. The van der Waals surface area contributed by atoms with Gasteiger partial charge >= 0.3 is 0 Å². The lowest BCUT2D eigenvalue weighted by Crippen LogP contribution is -2.38. The minimum atomic E-state index is -0.626. The third kappa shape index (κ3) is 3.09. The highest BCUT2D eigenvalue weighted by Crippen LogP contribution is 2.37. The fraction of sp³-hybridized carbons (Fsp3) is 0.588. The quantitative estimate of drug-likeness (QED) is 0.843. The molecule has 126 valence electrons. The molecule has 7 nitrogen and oxygen atoms in total. The van der Waals surface area contributed by atoms with Gasteiger partial charge in [0.25, 0.3) is 5.91 Å². The van der Waals surface area contributed by atoms with Gasteiger partial charge in [0, 0.05) is 25.0 Å². The SMILES string of the molecule is N#CCC1(n2cc(C(N)=O)c(CC(=O)C3CC3)n2)CCC(=O)CC1. The summed E-state index contributed by atoms with van der Waals surface area (Å²) >= 11 is 0. The molecule has 7 heteroatoms. The first-order chi connectivity index (χ1) is 11.4. The number of amides is 1. The highest BCUT2D eigenvalue weighted by molar-refractivity contribution is 5.95. The first-order valence-corrected chi connectivity index (χ1v) is 8.25. The van der Waals surface area contributed by atoms with Crippen LogP contribution >= 0.6 is 0 Å². The van der Waals surface area contributed by atoms with E-state index in [0.29, 0.717) is 31.4 Å². The van der Waals surface area contributed by atoms with Crippen molar-refractivity contribution < 1.29 is 14.4 Å². The Morgan fingerprint density at radius 1 is 1.38 bits per heavy atom. The molecule has 1 aromatic rings. The number of nitriles is 1. The van der Waals surface area contributed by atoms with Crippen LogP contribution in [0.1, 0.15) is 61.0 Å². The monoisotopic (exact) mass is 328 g/mol. The van der Waals surface area contributed by atoms with Crippen molar-refractivity contribution in [3.63, 3.8) is 0 Å². The Hall–Kier alpha value is -2.49. The molecule has 0 aliphatic heterocycles. The molecule has 2 aliphatic carbocycles. The summed E-state index contributed by atoms with van der Waals surface area (Å²) in [4.78, 5) is 35.4. The van der Waals surface area contributed by atoms with Gasteiger partial charge in [0.15, 0.2) is 0 Å². The number of aromatic nitrogens is 2. The van der Waals surface area contributed by atoms with Gasteiger partial charge in [-0.25, -0.2) is 0 Å². The van der Waals surface area contributed by atoms with Crippen LogP contribution in [-0.2, 0) is 21.5 Å². The summed E-state index contributed by atoms with van der Waals surface area (Å²) in [5.74, 6) is -0.291. The van der Waals surface area contributed by atoms with Crippen molar-refractivity contribution in [1.29, 1.82) is 5.26 Å². The molecule has 2 saturated carbocycles. The van der Waals surface area contributed by atoms with E-state index in [1.54, 1.807) is 10.9 Å². The number of primary amides is 1. The number of hydrogen-bond acceptors (Lipinski definition) is 5. The van der Waals surface area contributed by atoms with Gasteiger partial charge in [-0.05, 0) is 25.7 Å². The molecule has 1 amide bonds. The molecule has 0 radical (unpaired) electrons. The van der Waals surface area contributed by atoms with Crippen LogP contribution in [0.4, 0.5) is 0 Å². The highest BCUT2D eigenvalue weighted by atomic mass is 16.1. The molecule has 0 spiro atoms. The molecular weight excluding hydrogens is 308 g/mol. The lowest BCUT2D eigenvalue weighted by Gasteiger charge is -2.35. The zero-order valence-corrected chi connectivity index (χ0v) is 13.5. The van der Waals surface area contributed by atoms with Crippen LogP contribution in [0.3, 0.4) is 0 Å². The topological polar surface area (TPSA) is 119 Å². The van der Waals surface area contributed by atoms with E-state index in [9.17, 15) is 19.6 Å². The Labute approximate surface area is 139 Å². The van der Waals surface area contributed by atoms with E-state index in [0.717, 1.165) is 12.8 Å². The summed E-state index contributed by atoms with van der Waals surface area (Å²) < 4.78 is 1.61. The number of hydrogen-bond donors (Lipinski definition) is 1. The van der Waals surface area contributed by atoms with Crippen LogP contribution < -0.4 is 5.73 Å². The summed E-state index contributed by atoms with van der Waals surface area (Å²) in [5.41, 5.74) is 5.46. The van der Waals surface area contributed by atoms with Gasteiger partial charge in [0.05, 0.1) is 35.7 Å². The second kappa shape index (κ2) is 6.19. The molecular formula is C17H20N4O3. The van der Waals surface area contributed by atoms with Crippen molar-refractivity contribution in [3.8, 4) is 6.07 Å². The standard InChI is InChI=1S/C17H20N4O3/c18-8-7-17(5-3-12(22)4-6-17)21-10-13(16(19)24)14(20-21)9-15(23)11-1-2-11/h10-11H,1-7,9H2,(H2,19,24). The molecule has 2 fully saturated rings. The highest BCUT2D eigenvalue weighted by Gasteiger charge is 2.39. The normalized spacial score (nSPS) is 19.7. The molecule has 0 aromatic carbocycles. The third-order valence-corrected chi connectivity index (χ3v) is 5.06. The Morgan fingerprint density at radius 3 is 2.58 bits per heavy atom. The van der Waals surface area contributed by atoms with Crippen molar-refractivity contribution in [3.05, 3.63) is 17.5 Å². The minimum Gasteiger partial charge on any atom is -0.365 e. The first kappa shape index (κ1) is 16.4. The molecule has 1 heterocycles. The molecule has 2 N–H and O–H groups in total. The number of nitrogens with zero attached hydrogens (tertiary/aromatic N) is 3. The van der Waals surface area contributed by atoms with E-state index in [4.69, 9.17) is 5.73 Å². The van der Waals surface area contributed by atoms with Crippen molar-refractivity contribution in [1.82, 2.24) is 9.78 Å². The predicted molar refractivity (Wildman–Crippen MR) is 83.9 cm³/mol. The predicted octanol–water partition coefficient (Wildman–Crippen LogP) is 1.26. The van der Waals surface area contributed by atoms with Crippen LogP contribution in [0.25, 0.3) is 0 Å². The average Bonchev–Trinajstić information content (AvgIpc) is 3.31. The maximum atomic E-state index is 12.1. The number of carbonyl (C=O) groups is 3. The van der Waals surface area contributed by atoms with E-state index in [2.05, 4.69) is 11.2 Å². The molecule has 0 unspecified atom stereocenters. The lowest BCUT2D eigenvalue weighted by atomic mass is 9.79. The van der Waals surface area contributed by atoms with E-state index < -0.39 is 11.4 Å². The summed E-state index contributed by atoms with van der Waals surface area (Å²) in [5, 5.41) is 13.7. The van der Waals surface area contributed by atoms with Crippen LogP contribution in [0.5, 0.6) is 0 Å². The molecule has 2 aliphatic rings. The van der Waals surface area contributed by atoms with E-state index >= 15 is 0 Å². The number of rotatable bonds is 6. The molecule has 1 aromatic heterocycles. The smallest absolute Gasteiger partial charge is 0.252 e. The summed E-state index contributed by atoms with van der Waals surface area (Å²) in [7, 11) is 0. The van der Waals surface area contributed by atoms with E-state index in [-0.39, 0.29) is 35.9 Å². The average molecular weight is 328 g/mol. The fourth-order valence-electron chi connectivity index (χ4n) is 3.33. The van der Waals surface area contributed by atoms with E-state index in [1.165, 1.54) is 0 Å². The number of Topliss-reactive ketones (excluding diaryl/α,β-unsaturated/α-hetero) is 2. The van der Waals surface area contributed by atoms with Crippen LogP contribution in [0.15, 0.2) is 6.20 Å². The van der Waals surface area contributed by atoms with Gasteiger partial charge in [-0.3, -0.25) is 19.1 Å². The molecule has 0 atom stereocenters. The number of nitrogens with two attached hydrogens (primary N) is 1. The van der Waals surface area contributed by atoms with Crippen molar-refractivity contribution in [2.24, 2.45) is 11.7 Å². The maximum Gasteiger partial charge on any atom is 0.252 e. The van der Waals surface area contributed by atoms with Crippen LogP contribution in [0.2, 0.25) is 0 Å². The van der Waals surface area contributed by atoms with Crippen molar-refractivity contribution >= 4 is 17.5 Å². The Balaban J connectivity index is 1.93. The lowest BCUT2D eigenvalue weighted by molar-refractivity contribution is -0.122. The first-order valence-electron chi connectivity index (χ1n) is 8.25. The van der Waals surface area contributed by atoms with Crippen LogP contribution in [0, 0.1) is 17.2 Å². The van der Waals surface area contributed by atoms with Gasteiger partial charge in [0.1, 0.15) is 11.6 Å². The number of ketones is 2.